The Labute approximate surface area is 173 Å². The number of carbonyl (C=O) groups excluding carboxylic acids is 1. The van der Waals surface area contributed by atoms with E-state index in [0.29, 0.717) is 28.9 Å². The summed E-state index contributed by atoms with van der Waals surface area (Å²) in [5.74, 6) is 0.713. The molecular formula is C25H20O5. The maximum Gasteiger partial charge on any atom is 0.338 e. The van der Waals surface area contributed by atoms with Gasteiger partial charge in [-0.1, -0.05) is 30.3 Å². The van der Waals surface area contributed by atoms with E-state index in [-0.39, 0.29) is 12.0 Å². The van der Waals surface area contributed by atoms with Gasteiger partial charge in [-0.05, 0) is 55.0 Å². The maximum absolute atomic E-state index is 12.6. The van der Waals surface area contributed by atoms with Crippen molar-refractivity contribution in [1.82, 2.24) is 0 Å². The predicted molar refractivity (Wildman–Crippen MR) is 115 cm³/mol. The molecule has 0 saturated heterocycles. The molecule has 0 aliphatic rings. The van der Waals surface area contributed by atoms with Crippen LogP contribution in [0.25, 0.3) is 22.3 Å². The highest BCUT2D eigenvalue weighted by atomic mass is 16.5. The maximum atomic E-state index is 12.6. The molecule has 0 fully saturated rings. The third-order valence-corrected chi connectivity index (χ3v) is 4.63. The first-order chi connectivity index (χ1) is 14.6. The molecule has 1 aromatic heterocycles. The summed E-state index contributed by atoms with van der Waals surface area (Å²) in [6.07, 6.45) is 0. The first-order valence-corrected chi connectivity index (χ1v) is 9.66. The van der Waals surface area contributed by atoms with Crippen molar-refractivity contribution >= 4 is 16.9 Å². The van der Waals surface area contributed by atoms with Gasteiger partial charge in [0.1, 0.15) is 23.7 Å². The van der Waals surface area contributed by atoms with Gasteiger partial charge in [-0.2, -0.15) is 0 Å². The second-order valence-corrected chi connectivity index (χ2v) is 6.70. The summed E-state index contributed by atoms with van der Waals surface area (Å²) in [7, 11) is 0. The van der Waals surface area contributed by atoms with Gasteiger partial charge in [-0.3, -0.25) is 4.79 Å². The van der Waals surface area contributed by atoms with Crippen molar-refractivity contribution in [3.63, 3.8) is 0 Å². The van der Waals surface area contributed by atoms with Crippen LogP contribution >= 0.6 is 0 Å². The standard InChI is InChI=1S/C25H20O5/c1-2-28-25(27)19-10-13-23-21(14-19)22(26)15-24(30-23)18-8-11-20(12-9-18)29-16-17-6-4-3-5-7-17/h3-15H,2,16H2,1H3. The van der Waals surface area contributed by atoms with E-state index >= 15 is 0 Å². The third kappa shape index (κ3) is 4.25. The van der Waals surface area contributed by atoms with Crippen molar-refractivity contribution in [2.45, 2.75) is 13.5 Å². The molecule has 0 spiro atoms. The van der Waals surface area contributed by atoms with E-state index in [2.05, 4.69) is 0 Å². The molecular weight excluding hydrogens is 380 g/mol. The largest absolute Gasteiger partial charge is 0.489 e. The van der Waals surface area contributed by atoms with Crippen LogP contribution in [-0.4, -0.2) is 12.6 Å². The molecule has 3 aromatic carbocycles. The lowest BCUT2D eigenvalue weighted by Gasteiger charge is -2.08. The molecule has 0 atom stereocenters. The highest BCUT2D eigenvalue weighted by Crippen LogP contribution is 2.25. The molecule has 150 valence electrons. The fourth-order valence-corrected chi connectivity index (χ4v) is 3.10. The average molecular weight is 400 g/mol. The van der Waals surface area contributed by atoms with E-state index < -0.39 is 5.97 Å². The van der Waals surface area contributed by atoms with Crippen LogP contribution in [0.2, 0.25) is 0 Å². The van der Waals surface area contributed by atoms with Crippen molar-refractivity contribution in [1.29, 1.82) is 0 Å². The first-order valence-electron chi connectivity index (χ1n) is 9.66. The van der Waals surface area contributed by atoms with Gasteiger partial charge in [0.2, 0.25) is 0 Å². The highest BCUT2D eigenvalue weighted by Gasteiger charge is 2.12. The second kappa shape index (κ2) is 8.66. The average Bonchev–Trinajstić information content (AvgIpc) is 2.78. The zero-order valence-electron chi connectivity index (χ0n) is 16.5. The van der Waals surface area contributed by atoms with Gasteiger partial charge in [0.15, 0.2) is 5.43 Å². The van der Waals surface area contributed by atoms with Crippen molar-refractivity contribution in [2.24, 2.45) is 0 Å². The summed E-state index contributed by atoms with van der Waals surface area (Å²) in [6.45, 7) is 2.49. The van der Waals surface area contributed by atoms with E-state index in [1.54, 1.807) is 19.1 Å². The normalized spacial score (nSPS) is 10.7. The minimum Gasteiger partial charge on any atom is -0.489 e. The lowest BCUT2D eigenvalue weighted by molar-refractivity contribution is 0.0526. The summed E-state index contributed by atoms with van der Waals surface area (Å²) in [6, 6.07) is 23.4. The molecule has 4 aromatic rings. The van der Waals surface area contributed by atoms with E-state index in [4.69, 9.17) is 13.9 Å². The van der Waals surface area contributed by atoms with E-state index in [1.165, 1.54) is 12.1 Å². The van der Waals surface area contributed by atoms with Crippen molar-refractivity contribution in [3.05, 3.63) is 100 Å². The van der Waals surface area contributed by atoms with Gasteiger partial charge in [-0.25, -0.2) is 4.79 Å². The number of hydrogen-bond acceptors (Lipinski definition) is 5. The molecule has 30 heavy (non-hydrogen) atoms. The van der Waals surface area contributed by atoms with Crippen LogP contribution in [0.5, 0.6) is 5.75 Å². The summed E-state index contributed by atoms with van der Waals surface area (Å²) >= 11 is 0. The summed E-state index contributed by atoms with van der Waals surface area (Å²) in [5.41, 5.74) is 2.36. The molecule has 0 radical (unpaired) electrons. The molecule has 0 aliphatic carbocycles. The molecule has 4 rings (SSSR count). The molecule has 1 heterocycles. The number of rotatable bonds is 6. The minimum absolute atomic E-state index is 0.221. The lowest BCUT2D eigenvalue weighted by Crippen LogP contribution is -2.07. The minimum atomic E-state index is -0.464. The Morgan fingerprint density at radius 2 is 1.70 bits per heavy atom. The van der Waals surface area contributed by atoms with Crippen LogP contribution < -0.4 is 10.2 Å². The summed E-state index contributed by atoms with van der Waals surface area (Å²) in [4.78, 5) is 24.5. The van der Waals surface area contributed by atoms with Gasteiger partial charge in [0.25, 0.3) is 0 Å². The Kier molecular flexibility index (Phi) is 5.61. The number of ether oxygens (including phenoxy) is 2. The number of fused-ring (bicyclic) bond motifs is 1. The number of carbonyl (C=O) groups is 1. The third-order valence-electron chi connectivity index (χ3n) is 4.63. The molecule has 0 saturated carbocycles. The van der Waals surface area contributed by atoms with Crippen LogP contribution in [-0.2, 0) is 11.3 Å². The SMILES string of the molecule is CCOC(=O)c1ccc2oc(-c3ccc(OCc4ccccc4)cc3)cc(=O)c2c1. The van der Waals surface area contributed by atoms with Gasteiger partial charge >= 0.3 is 5.97 Å². The number of hydrogen-bond donors (Lipinski definition) is 0. The van der Waals surface area contributed by atoms with Crippen molar-refractivity contribution in [2.75, 3.05) is 6.61 Å². The van der Waals surface area contributed by atoms with Crippen LogP contribution in [0, 0.1) is 0 Å². The quantitative estimate of drug-likeness (QED) is 0.415. The highest BCUT2D eigenvalue weighted by molar-refractivity contribution is 5.94. The number of benzene rings is 3. The zero-order chi connectivity index (χ0) is 20.9. The van der Waals surface area contributed by atoms with Gasteiger partial charge in [0.05, 0.1) is 17.6 Å². The Morgan fingerprint density at radius 1 is 0.933 bits per heavy atom. The van der Waals surface area contributed by atoms with Crippen LogP contribution in [0.4, 0.5) is 0 Å². The Morgan fingerprint density at radius 3 is 2.43 bits per heavy atom. The Bertz CT molecular complexity index is 1220. The van der Waals surface area contributed by atoms with Crippen LogP contribution in [0.15, 0.2) is 88.1 Å². The Hall–Kier alpha value is -3.86. The lowest BCUT2D eigenvalue weighted by atomic mass is 10.1. The van der Waals surface area contributed by atoms with E-state index in [9.17, 15) is 9.59 Å². The first kappa shape index (κ1) is 19.5. The van der Waals surface area contributed by atoms with Gasteiger partial charge in [0, 0.05) is 11.6 Å². The Balaban J connectivity index is 1.56. The smallest absolute Gasteiger partial charge is 0.338 e. The molecule has 0 bridgehead atoms. The van der Waals surface area contributed by atoms with Gasteiger partial charge < -0.3 is 13.9 Å². The van der Waals surface area contributed by atoms with Crippen LogP contribution in [0.1, 0.15) is 22.8 Å². The fraction of sp³-hybridized carbons (Fsp3) is 0.120. The summed E-state index contributed by atoms with van der Waals surface area (Å²) in [5, 5.41) is 0.340. The van der Waals surface area contributed by atoms with E-state index in [0.717, 1.165) is 16.9 Å². The molecule has 5 heteroatoms. The predicted octanol–water partition coefficient (Wildman–Crippen LogP) is 5.22. The summed E-state index contributed by atoms with van der Waals surface area (Å²) < 4.78 is 16.7. The van der Waals surface area contributed by atoms with Gasteiger partial charge in [-0.15, -0.1) is 0 Å². The molecule has 0 aliphatic heterocycles. The van der Waals surface area contributed by atoms with E-state index in [1.807, 2.05) is 54.6 Å². The topological polar surface area (TPSA) is 65.7 Å². The second-order valence-electron chi connectivity index (χ2n) is 6.70. The van der Waals surface area contributed by atoms with Crippen molar-refractivity contribution in [3.8, 4) is 17.1 Å². The van der Waals surface area contributed by atoms with Crippen molar-refractivity contribution < 1.29 is 18.7 Å². The number of esters is 1. The molecule has 0 unspecified atom stereocenters. The zero-order valence-corrected chi connectivity index (χ0v) is 16.5. The molecule has 0 amide bonds. The fourth-order valence-electron chi connectivity index (χ4n) is 3.10. The van der Waals surface area contributed by atoms with Crippen LogP contribution in [0.3, 0.4) is 0 Å². The molecule has 5 nitrogen and oxygen atoms in total. The molecule has 0 N–H and O–H groups in total. The monoisotopic (exact) mass is 400 g/mol.